The number of carbonyl (C=O) groups is 1. The number of nitrogens with two attached hydrogens (primary N) is 1. The molecule has 0 aliphatic rings. The number of hydrogen-bond donors (Lipinski definition) is 3. The van der Waals surface area contributed by atoms with Gasteiger partial charge in [-0.1, -0.05) is 12.1 Å². The van der Waals surface area contributed by atoms with E-state index in [4.69, 9.17) is 5.73 Å². The maximum absolute atomic E-state index is 13.7. The third-order valence-corrected chi connectivity index (χ3v) is 5.38. The van der Waals surface area contributed by atoms with Crippen molar-refractivity contribution in [3.8, 4) is 5.69 Å². The lowest BCUT2D eigenvalue weighted by molar-refractivity contribution is -0.289. The Morgan fingerprint density at radius 1 is 1.06 bits per heavy atom. The van der Waals surface area contributed by atoms with Crippen LogP contribution in [0.2, 0.25) is 0 Å². The summed E-state index contributed by atoms with van der Waals surface area (Å²) in [6.45, 7) is 0.0269. The van der Waals surface area contributed by atoms with Crippen LogP contribution in [-0.2, 0) is 12.5 Å². The fraction of sp³-hybridized carbons (Fsp3) is 0.143. The average molecular weight is 503 g/mol. The van der Waals surface area contributed by atoms with E-state index >= 15 is 0 Å². The van der Waals surface area contributed by atoms with Crippen LogP contribution in [0.5, 0.6) is 0 Å². The molecule has 4 heterocycles. The number of hydrogen-bond acceptors (Lipinski definition) is 7. The van der Waals surface area contributed by atoms with Gasteiger partial charge in [-0.3, -0.25) is 14.5 Å². The van der Waals surface area contributed by atoms with Crippen LogP contribution >= 0.6 is 0 Å². The quantitative estimate of drug-likeness (QED) is 0.313. The number of nitrogens with zero attached hydrogens (tertiary/aromatic N) is 6. The minimum absolute atomic E-state index is 0.0269. The normalized spacial score (nSPS) is 12.4. The van der Waals surface area contributed by atoms with Crippen molar-refractivity contribution in [2.75, 3.05) is 5.73 Å². The molecule has 5 aromatic rings. The number of imidazole rings is 1. The van der Waals surface area contributed by atoms with E-state index in [-0.39, 0.29) is 29.1 Å². The number of nitrogen functional groups attached to an aromatic ring is 1. The highest BCUT2D eigenvalue weighted by Gasteiger charge is 2.59. The first-order valence-corrected chi connectivity index (χ1v) is 10.2. The van der Waals surface area contributed by atoms with Gasteiger partial charge in [-0.05, 0) is 23.8 Å². The number of halogens is 5. The molecule has 0 bridgehead atoms. The number of H-pyrrole nitrogens is 1. The molecule has 0 saturated heterocycles. The minimum Gasteiger partial charge on any atom is -0.382 e. The Bertz CT molecular complexity index is 1590. The number of aromatic amines is 1. The second kappa shape index (κ2) is 8.21. The molecule has 0 radical (unpaired) electrons. The summed E-state index contributed by atoms with van der Waals surface area (Å²) in [5.41, 5.74) is 6.28. The van der Waals surface area contributed by atoms with Crippen LogP contribution < -0.4 is 11.1 Å². The number of benzene rings is 1. The fourth-order valence-electron chi connectivity index (χ4n) is 3.49. The van der Waals surface area contributed by atoms with Gasteiger partial charge in [-0.25, -0.2) is 19.9 Å². The Kier molecular flexibility index (Phi) is 5.26. The Labute approximate surface area is 197 Å². The van der Waals surface area contributed by atoms with Gasteiger partial charge in [0.05, 0.1) is 5.39 Å². The van der Waals surface area contributed by atoms with Gasteiger partial charge in [0.25, 0.3) is 5.91 Å². The monoisotopic (exact) mass is 503 g/mol. The molecule has 10 nitrogen and oxygen atoms in total. The number of aromatic nitrogens is 7. The highest BCUT2D eigenvalue weighted by Crippen LogP contribution is 2.44. The van der Waals surface area contributed by atoms with Crippen LogP contribution in [-0.4, -0.2) is 46.8 Å². The number of alkyl halides is 5. The van der Waals surface area contributed by atoms with Crippen molar-refractivity contribution in [3.05, 3.63) is 66.0 Å². The van der Waals surface area contributed by atoms with E-state index < -0.39 is 23.6 Å². The zero-order valence-electron chi connectivity index (χ0n) is 17.9. The number of carbonyl (C=O) groups excluding carboxylic acids is 1. The highest BCUT2D eigenvalue weighted by molar-refractivity contribution is 6.03. The van der Waals surface area contributed by atoms with E-state index in [0.29, 0.717) is 34.7 Å². The second-order valence-corrected chi connectivity index (χ2v) is 7.66. The highest BCUT2D eigenvalue weighted by atomic mass is 19.4. The van der Waals surface area contributed by atoms with Crippen molar-refractivity contribution in [1.82, 2.24) is 40.0 Å². The van der Waals surface area contributed by atoms with Gasteiger partial charge in [-0.15, -0.1) is 0 Å². The molecule has 5 rings (SSSR count). The van der Waals surface area contributed by atoms with Crippen molar-refractivity contribution in [1.29, 1.82) is 0 Å². The third-order valence-electron chi connectivity index (χ3n) is 5.38. The lowest BCUT2D eigenvalue weighted by Gasteiger charge is -2.19. The molecule has 36 heavy (non-hydrogen) atoms. The zero-order chi connectivity index (χ0) is 25.7. The van der Waals surface area contributed by atoms with Crippen LogP contribution in [0.15, 0.2) is 49.2 Å². The van der Waals surface area contributed by atoms with Gasteiger partial charge in [0.1, 0.15) is 12.7 Å². The Morgan fingerprint density at radius 2 is 1.81 bits per heavy atom. The van der Waals surface area contributed by atoms with Gasteiger partial charge < -0.3 is 11.1 Å². The number of rotatable bonds is 5. The predicted octanol–water partition coefficient (Wildman–Crippen LogP) is 3.25. The molecule has 4 N–H and O–H groups in total. The number of nitrogens with one attached hydrogen (secondary N) is 2. The van der Waals surface area contributed by atoms with E-state index in [1.807, 2.05) is 0 Å². The van der Waals surface area contributed by atoms with E-state index in [9.17, 15) is 26.7 Å². The lowest BCUT2D eigenvalue weighted by atomic mass is 10.1. The Morgan fingerprint density at radius 3 is 2.53 bits per heavy atom. The van der Waals surface area contributed by atoms with Crippen LogP contribution in [0.4, 0.5) is 27.8 Å². The van der Waals surface area contributed by atoms with Crippen LogP contribution in [0, 0.1) is 0 Å². The first-order chi connectivity index (χ1) is 17.1. The van der Waals surface area contributed by atoms with Gasteiger partial charge in [-0.2, -0.15) is 27.1 Å². The smallest absolute Gasteiger partial charge is 0.382 e. The molecule has 4 aromatic heterocycles. The van der Waals surface area contributed by atoms with E-state index in [2.05, 4.69) is 35.5 Å². The van der Waals surface area contributed by atoms with E-state index in [1.165, 1.54) is 6.33 Å². The maximum Gasteiger partial charge on any atom is 0.458 e. The molecular formula is C21H14F5N9O. The summed E-state index contributed by atoms with van der Waals surface area (Å²) in [5, 5.41) is 8.36. The molecule has 15 heteroatoms. The summed E-state index contributed by atoms with van der Waals surface area (Å²) in [7, 11) is 0. The van der Waals surface area contributed by atoms with Crippen molar-refractivity contribution in [3.63, 3.8) is 0 Å². The molecule has 1 aromatic carbocycles. The molecule has 0 atom stereocenters. The predicted molar refractivity (Wildman–Crippen MR) is 116 cm³/mol. The summed E-state index contributed by atoms with van der Waals surface area (Å²) in [5.74, 6) is -5.68. The Balaban J connectivity index is 1.33. The van der Waals surface area contributed by atoms with Crippen molar-refractivity contribution in [2.45, 2.75) is 18.6 Å². The van der Waals surface area contributed by atoms with Crippen LogP contribution in [0.3, 0.4) is 0 Å². The number of fused-ring (bicyclic) bond motifs is 2. The number of amides is 1. The lowest BCUT2D eigenvalue weighted by Crippen LogP contribution is -2.33. The summed E-state index contributed by atoms with van der Waals surface area (Å²) >= 11 is 0. The second-order valence-electron chi connectivity index (χ2n) is 7.66. The molecule has 1 amide bonds. The molecule has 0 saturated carbocycles. The van der Waals surface area contributed by atoms with Gasteiger partial charge in [0.2, 0.25) is 0 Å². The van der Waals surface area contributed by atoms with Crippen molar-refractivity contribution >= 4 is 33.9 Å². The average Bonchev–Trinajstić information content (AvgIpc) is 3.47. The summed E-state index contributed by atoms with van der Waals surface area (Å²) in [6.07, 6.45) is -2.56. The van der Waals surface area contributed by atoms with E-state index in [0.717, 1.165) is 0 Å². The van der Waals surface area contributed by atoms with Crippen LogP contribution in [0.1, 0.15) is 21.6 Å². The SMILES string of the molecule is Nc1ncnc2c1ncn2-c1ccc(CNC(=O)c2n[nH]c3ncc(C(F)(F)C(F)(F)F)cc23)cc1. The van der Waals surface area contributed by atoms with Gasteiger partial charge >= 0.3 is 12.1 Å². The number of anilines is 1. The first-order valence-electron chi connectivity index (χ1n) is 10.2. The topological polar surface area (TPSA) is 140 Å². The maximum atomic E-state index is 13.7. The largest absolute Gasteiger partial charge is 0.458 e. The fourth-order valence-corrected chi connectivity index (χ4v) is 3.49. The van der Waals surface area contributed by atoms with Crippen molar-refractivity contribution in [2.24, 2.45) is 0 Å². The molecule has 0 unspecified atom stereocenters. The standard InChI is InChI=1S/C21H14F5N9O/c22-20(23,21(24,25)26)11-5-13-14(33-34-17(13)28-7-11)19(36)29-6-10-1-3-12(4-2-10)35-9-32-15-16(27)30-8-31-18(15)35/h1-5,7-9H,6H2,(H,29,36)(H2,27,30,31)(H,28,33,34). The molecule has 0 aliphatic carbocycles. The minimum atomic E-state index is -5.82. The molecule has 184 valence electrons. The Hall–Kier alpha value is -4.69. The summed E-state index contributed by atoms with van der Waals surface area (Å²) in [4.78, 5) is 28.4. The van der Waals surface area contributed by atoms with Crippen molar-refractivity contribution < 1.29 is 26.7 Å². The molecule has 0 aliphatic heterocycles. The van der Waals surface area contributed by atoms with Crippen LogP contribution in [0.25, 0.3) is 27.9 Å². The molecular weight excluding hydrogens is 489 g/mol. The van der Waals surface area contributed by atoms with E-state index in [1.54, 1.807) is 35.2 Å². The van der Waals surface area contributed by atoms with Gasteiger partial charge in [0, 0.05) is 24.0 Å². The van der Waals surface area contributed by atoms with Gasteiger partial charge in [0.15, 0.2) is 28.3 Å². The number of pyridine rings is 1. The first kappa shape index (κ1) is 23.1. The zero-order valence-corrected chi connectivity index (χ0v) is 17.9. The summed E-state index contributed by atoms with van der Waals surface area (Å²) < 4.78 is 67.3. The third kappa shape index (κ3) is 3.83. The summed E-state index contributed by atoms with van der Waals surface area (Å²) in [6, 6.07) is 7.49. The molecule has 0 fully saturated rings. The molecule has 0 spiro atoms.